The van der Waals surface area contributed by atoms with Gasteiger partial charge in [-0.3, -0.25) is 4.79 Å². The molecule has 4 nitrogen and oxygen atoms in total. The van der Waals surface area contributed by atoms with E-state index in [1.54, 1.807) is 13.2 Å². The fourth-order valence-corrected chi connectivity index (χ4v) is 1.70. The minimum absolute atomic E-state index is 0.205. The molecule has 74 valence electrons. The minimum Gasteiger partial charge on any atom is -0.450 e. The number of para-hydroxylation sites is 1. The highest BCUT2D eigenvalue weighted by Crippen LogP contribution is 2.24. The maximum absolute atomic E-state index is 11.7. The van der Waals surface area contributed by atoms with Gasteiger partial charge in [0.2, 0.25) is 5.58 Å². The van der Waals surface area contributed by atoms with Gasteiger partial charge >= 0.3 is 5.56 Å². The fourth-order valence-electron chi connectivity index (χ4n) is 1.70. The molecular weight excluding hydrogens is 192 g/mol. The maximum Gasteiger partial charge on any atom is 0.310 e. The van der Waals surface area contributed by atoms with Crippen LogP contribution in [-0.2, 0) is 7.05 Å². The molecule has 0 spiro atoms. The van der Waals surface area contributed by atoms with E-state index >= 15 is 0 Å². The van der Waals surface area contributed by atoms with Crippen LogP contribution in [0, 0.1) is 0 Å². The SMILES string of the molecule is Cn1ncc2c(oc3ccccc32)c1=O. The van der Waals surface area contributed by atoms with Crippen molar-refractivity contribution in [2.75, 3.05) is 0 Å². The van der Waals surface area contributed by atoms with Crippen molar-refractivity contribution in [1.82, 2.24) is 9.78 Å². The Morgan fingerprint density at radius 1 is 1.27 bits per heavy atom. The quantitative estimate of drug-likeness (QED) is 0.554. The summed E-state index contributed by atoms with van der Waals surface area (Å²) in [5.41, 5.74) is 0.884. The molecule has 4 heteroatoms. The molecule has 2 heterocycles. The lowest BCUT2D eigenvalue weighted by Gasteiger charge is -1.92. The average molecular weight is 200 g/mol. The normalized spacial score (nSPS) is 11.3. The van der Waals surface area contributed by atoms with Crippen LogP contribution < -0.4 is 5.56 Å². The molecule has 0 aliphatic carbocycles. The van der Waals surface area contributed by atoms with Crippen LogP contribution in [0.4, 0.5) is 0 Å². The highest BCUT2D eigenvalue weighted by molar-refractivity contribution is 6.03. The lowest BCUT2D eigenvalue weighted by molar-refractivity contribution is 0.636. The number of furan rings is 1. The van der Waals surface area contributed by atoms with Crippen molar-refractivity contribution in [2.24, 2.45) is 7.05 Å². The van der Waals surface area contributed by atoms with Crippen LogP contribution in [0.15, 0.2) is 39.7 Å². The van der Waals surface area contributed by atoms with E-state index in [4.69, 9.17) is 4.42 Å². The first-order valence-corrected chi connectivity index (χ1v) is 4.61. The zero-order valence-electron chi connectivity index (χ0n) is 8.10. The molecule has 0 saturated heterocycles. The predicted octanol–water partition coefficient (Wildman–Crippen LogP) is 1.68. The van der Waals surface area contributed by atoms with Gasteiger partial charge in [0.25, 0.3) is 0 Å². The first-order chi connectivity index (χ1) is 7.27. The van der Waals surface area contributed by atoms with Gasteiger partial charge in [-0.1, -0.05) is 18.2 Å². The largest absolute Gasteiger partial charge is 0.450 e. The van der Waals surface area contributed by atoms with Gasteiger partial charge in [-0.25, -0.2) is 4.68 Å². The Morgan fingerprint density at radius 3 is 2.93 bits per heavy atom. The second kappa shape index (κ2) is 2.70. The number of hydrogen-bond donors (Lipinski definition) is 0. The summed E-state index contributed by atoms with van der Waals surface area (Å²) in [4.78, 5) is 11.7. The highest BCUT2D eigenvalue weighted by Gasteiger charge is 2.10. The zero-order valence-corrected chi connectivity index (χ0v) is 8.10. The smallest absolute Gasteiger partial charge is 0.310 e. The van der Waals surface area contributed by atoms with Crippen molar-refractivity contribution in [3.63, 3.8) is 0 Å². The molecule has 0 N–H and O–H groups in total. The van der Waals surface area contributed by atoms with Crippen LogP contribution in [-0.4, -0.2) is 9.78 Å². The van der Waals surface area contributed by atoms with Gasteiger partial charge in [0.15, 0.2) is 0 Å². The van der Waals surface area contributed by atoms with Gasteiger partial charge in [-0.2, -0.15) is 5.10 Å². The van der Waals surface area contributed by atoms with Crippen LogP contribution in [0.5, 0.6) is 0 Å². The van der Waals surface area contributed by atoms with Crippen LogP contribution in [0.1, 0.15) is 0 Å². The number of rotatable bonds is 0. The van der Waals surface area contributed by atoms with Gasteiger partial charge in [-0.05, 0) is 6.07 Å². The molecule has 3 aromatic rings. The first-order valence-electron chi connectivity index (χ1n) is 4.61. The molecule has 0 unspecified atom stereocenters. The Labute approximate surface area is 84.7 Å². The first kappa shape index (κ1) is 8.23. The molecular formula is C11H8N2O2. The van der Waals surface area contributed by atoms with E-state index in [-0.39, 0.29) is 5.56 Å². The Bertz CT molecular complexity index is 709. The summed E-state index contributed by atoms with van der Waals surface area (Å²) in [5, 5.41) is 5.67. The predicted molar refractivity (Wildman–Crippen MR) is 56.8 cm³/mol. The molecule has 0 bridgehead atoms. The molecule has 1 aromatic carbocycles. The average Bonchev–Trinajstić information content (AvgIpc) is 2.63. The third-order valence-electron chi connectivity index (χ3n) is 2.48. The number of hydrogen-bond acceptors (Lipinski definition) is 3. The van der Waals surface area contributed by atoms with Crippen LogP contribution in [0.3, 0.4) is 0 Å². The molecule has 15 heavy (non-hydrogen) atoms. The summed E-state index contributed by atoms with van der Waals surface area (Å²) < 4.78 is 6.76. The molecule has 0 aliphatic rings. The molecule has 0 amide bonds. The monoisotopic (exact) mass is 200 g/mol. The minimum atomic E-state index is -0.205. The van der Waals surface area contributed by atoms with Crippen LogP contribution >= 0.6 is 0 Å². The third kappa shape index (κ3) is 1.01. The summed E-state index contributed by atoms with van der Waals surface area (Å²) in [7, 11) is 1.61. The van der Waals surface area contributed by atoms with Gasteiger partial charge in [0, 0.05) is 12.4 Å². The second-order valence-electron chi connectivity index (χ2n) is 3.41. The highest BCUT2D eigenvalue weighted by atomic mass is 16.3. The zero-order chi connectivity index (χ0) is 10.4. The molecule has 0 fully saturated rings. The van der Waals surface area contributed by atoms with E-state index in [0.717, 1.165) is 16.4 Å². The number of aromatic nitrogens is 2. The summed E-state index contributed by atoms with van der Waals surface area (Å²) in [6, 6.07) is 7.55. The number of aryl methyl sites for hydroxylation is 1. The van der Waals surface area contributed by atoms with Crippen LogP contribution in [0.2, 0.25) is 0 Å². The molecule has 2 aromatic heterocycles. The van der Waals surface area contributed by atoms with Gasteiger partial charge in [0.05, 0.1) is 11.6 Å². The standard InChI is InChI=1S/C11H8N2O2/c1-13-11(14)10-8(6-12-13)7-4-2-3-5-9(7)15-10/h2-6H,1H3. The Hall–Kier alpha value is -2.10. The van der Waals surface area contributed by atoms with Crippen molar-refractivity contribution >= 4 is 21.9 Å². The number of benzene rings is 1. The summed E-state index contributed by atoms with van der Waals surface area (Å²) >= 11 is 0. The number of nitrogens with zero attached hydrogens (tertiary/aromatic N) is 2. The van der Waals surface area contributed by atoms with Crippen molar-refractivity contribution in [1.29, 1.82) is 0 Å². The number of fused-ring (bicyclic) bond motifs is 3. The topological polar surface area (TPSA) is 48.0 Å². The second-order valence-corrected chi connectivity index (χ2v) is 3.41. The third-order valence-corrected chi connectivity index (χ3v) is 2.48. The summed E-state index contributed by atoms with van der Waals surface area (Å²) in [6.45, 7) is 0. The van der Waals surface area contributed by atoms with Crippen LogP contribution in [0.25, 0.3) is 21.9 Å². The van der Waals surface area contributed by atoms with E-state index < -0.39 is 0 Å². The van der Waals surface area contributed by atoms with E-state index in [1.807, 2.05) is 24.3 Å². The van der Waals surface area contributed by atoms with Gasteiger partial charge in [0.1, 0.15) is 5.58 Å². The maximum atomic E-state index is 11.7. The van der Waals surface area contributed by atoms with Crippen molar-refractivity contribution < 1.29 is 4.42 Å². The summed E-state index contributed by atoms with van der Waals surface area (Å²) in [5.74, 6) is 0. The molecule has 0 aliphatic heterocycles. The van der Waals surface area contributed by atoms with Gasteiger partial charge in [-0.15, -0.1) is 0 Å². The van der Waals surface area contributed by atoms with E-state index in [0.29, 0.717) is 5.58 Å². The lowest BCUT2D eigenvalue weighted by atomic mass is 10.2. The Morgan fingerprint density at radius 2 is 2.07 bits per heavy atom. The fraction of sp³-hybridized carbons (Fsp3) is 0.0909. The molecule has 0 saturated carbocycles. The van der Waals surface area contributed by atoms with Crippen molar-refractivity contribution in [3.8, 4) is 0 Å². The summed E-state index contributed by atoms with van der Waals surface area (Å²) in [6.07, 6.45) is 1.66. The Kier molecular flexibility index (Phi) is 1.48. The molecule has 0 atom stereocenters. The van der Waals surface area contributed by atoms with E-state index in [9.17, 15) is 4.79 Å². The molecule has 0 radical (unpaired) electrons. The Balaban J connectivity index is 2.66. The van der Waals surface area contributed by atoms with Gasteiger partial charge < -0.3 is 4.42 Å². The van der Waals surface area contributed by atoms with E-state index in [1.165, 1.54) is 4.68 Å². The van der Waals surface area contributed by atoms with E-state index in [2.05, 4.69) is 5.10 Å². The van der Waals surface area contributed by atoms with Crippen molar-refractivity contribution in [3.05, 3.63) is 40.8 Å². The lowest BCUT2D eigenvalue weighted by Crippen LogP contribution is -2.18. The van der Waals surface area contributed by atoms with Crippen molar-refractivity contribution in [2.45, 2.75) is 0 Å². The molecule has 3 rings (SSSR count).